The number of nitrogens with zero attached hydrogens (tertiary/aromatic N) is 5. The highest BCUT2D eigenvalue weighted by Crippen LogP contribution is 2.35. The number of thiophene rings is 1. The summed E-state index contributed by atoms with van der Waals surface area (Å²) in [6.07, 6.45) is 5.34. The van der Waals surface area contributed by atoms with Gasteiger partial charge in [0, 0.05) is 29.0 Å². The van der Waals surface area contributed by atoms with E-state index in [1.165, 1.54) is 23.3 Å². The van der Waals surface area contributed by atoms with Gasteiger partial charge in [-0.05, 0) is 77.2 Å². The highest BCUT2D eigenvalue weighted by molar-refractivity contribution is 7.09. The van der Waals surface area contributed by atoms with Crippen molar-refractivity contribution < 1.29 is 0 Å². The Morgan fingerprint density at radius 3 is 2.71 bits per heavy atom. The molecule has 7 nitrogen and oxygen atoms in total. The fourth-order valence-corrected chi connectivity index (χ4v) is 6.38. The largest absolute Gasteiger partial charge is 0.322 e. The van der Waals surface area contributed by atoms with Gasteiger partial charge in [-0.3, -0.25) is 9.69 Å². The molecule has 1 fully saturated rings. The third kappa shape index (κ3) is 5.19. The number of rotatable bonds is 9. The van der Waals surface area contributed by atoms with Gasteiger partial charge in [-0.2, -0.15) is 0 Å². The van der Waals surface area contributed by atoms with Crippen LogP contribution in [-0.2, 0) is 13.0 Å². The molecule has 0 spiro atoms. The number of nitrogens with one attached hydrogen (secondary N) is 1. The normalized spacial score (nSPS) is 15.0. The number of H-pyrrole nitrogens is 1. The maximum Gasteiger partial charge on any atom is 0.253 e. The summed E-state index contributed by atoms with van der Waals surface area (Å²) in [5.74, 6) is 0.749. The average Bonchev–Trinajstić information content (AvgIpc) is 3.72. The molecule has 0 bridgehead atoms. The predicted octanol–water partition coefficient (Wildman–Crippen LogP) is 5.83. The first-order valence-corrected chi connectivity index (χ1v) is 14.3. The Hall–Kier alpha value is -3.62. The second kappa shape index (κ2) is 11.0. The SMILES string of the molecule is Cc1ccc2[nH]c(=O)c(C(c3nnnn3C3CCCC3)N(CCc3ccccc3)Cc3cccs3)cc2c1. The first-order chi connectivity index (χ1) is 18.7. The minimum Gasteiger partial charge on any atom is -0.322 e. The average molecular weight is 525 g/mol. The molecule has 1 aliphatic rings. The van der Waals surface area contributed by atoms with E-state index in [-0.39, 0.29) is 17.6 Å². The first-order valence-electron chi connectivity index (χ1n) is 13.4. The van der Waals surface area contributed by atoms with E-state index in [0.29, 0.717) is 12.1 Å². The number of hydrogen-bond donors (Lipinski definition) is 1. The Bertz CT molecular complexity index is 1550. The number of aryl methyl sites for hydroxylation is 1. The number of fused-ring (bicyclic) bond motifs is 1. The van der Waals surface area contributed by atoms with Crippen LogP contribution in [0.5, 0.6) is 0 Å². The summed E-state index contributed by atoms with van der Waals surface area (Å²) >= 11 is 1.73. The molecule has 6 rings (SSSR count). The van der Waals surface area contributed by atoms with Crippen molar-refractivity contribution in [1.82, 2.24) is 30.1 Å². The first kappa shape index (κ1) is 24.7. The third-order valence-corrected chi connectivity index (χ3v) is 8.45. The Morgan fingerprint density at radius 2 is 1.92 bits per heavy atom. The molecule has 5 aromatic rings. The molecular weight excluding hydrogens is 492 g/mol. The standard InChI is InChI=1S/C30H32N6OS/c1-21-13-14-27-23(18-21)19-26(30(37)31-27)28(29-32-33-34-36(29)24-10-5-6-11-24)35(20-25-12-7-17-38-25)16-15-22-8-3-2-4-9-22/h2-4,7-9,12-14,17-19,24,28H,5-6,10-11,15-16,20H2,1H3,(H,31,37). The van der Waals surface area contributed by atoms with Crippen molar-refractivity contribution >= 4 is 22.2 Å². The molecule has 1 aliphatic carbocycles. The van der Waals surface area contributed by atoms with Gasteiger partial charge in [-0.1, -0.05) is 60.9 Å². The van der Waals surface area contributed by atoms with Crippen LogP contribution in [0.4, 0.5) is 0 Å². The lowest BCUT2D eigenvalue weighted by Gasteiger charge is -2.31. The highest BCUT2D eigenvalue weighted by atomic mass is 32.1. The van der Waals surface area contributed by atoms with Crippen LogP contribution < -0.4 is 5.56 Å². The molecule has 1 saturated carbocycles. The van der Waals surface area contributed by atoms with E-state index < -0.39 is 0 Å². The van der Waals surface area contributed by atoms with Crippen LogP contribution >= 0.6 is 11.3 Å². The molecule has 0 saturated heterocycles. The summed E-state index contributed by atoms with van der Waals surface area (Å²) in [7, 11) is 0. The lowest BCUT2D eigenvalue weighted by Crippen LogP contribution is -2.36. The maximum atomic E-state index is 13.7. The molecule has 1 N–H and O–H groups in total. The number of tetrazole rings is 1. The van der Waals surface area contributed by atoms with E-state index in [0.717, 1.165) is 48.1 Å². The molecule has 0 amide bonds. The van der Waals surface area contributed by atoms with Gasteiger partial charge in [0.05, 0.1) is 6.04 Å². The third-order valence-electron chi connectivity index (χ3n) is 7.59. The lowest BCUT2D eigenvalue weighted by molar-refractivity contribution is 0.203. The number of aromatic nitrogens is 5. The summed E-state index contributed by atoms with van der Waals surface area (Å²) in [6, 6.07) is 22.8. The Balaban J connectivity index is 1.49. The van der Waals surface area contributed by atoms with Gasteiger partial charge in [-0.25, -0.2) is 4.68 Å². The van der Waals surface area contributed by atoms with Crippen LogP contribution in [0.2, 0.25) is 0 Å². The molecule has 8 heteroatoms. The van der Waals surface area contributed by atoms with Gasteiger partial charge in [0.25, 0.3) is 5.56 Å². The number of benzene rings is 2. The van der Waals surface area contributed by atoms with Crippen molar-refractivity contribution in [3.63, 3.8) is 0 Å². The predicted molar refractivity (Wildman–Crippen MR) is 151 cm³/mol. The van der Waals surface area contributed by atoms with E-state index in [9.17, 15) is 4.79 Å². The lowest BCUT2D eigenvalue weighted by atomic mass is 10.0. The van der Waals surface area contributed by atoms with Crippen molar-refractivity contribution in [3.8, 4) is 0 Å². The number of hydrogen-bond acceptors (Lipinski definition) is 6. The topological polar surface area (TPSA) is 79.7 Å². The van der Waals surface area contributed by atoms with Gasteiger partial charge in [0.1, 0.15) is 6.04 Å². The minimum absolute atomic E-state index is 0.0942. The molecule has 3 aromatic heterocycles. The van der Waals surface area contributed by atoms with Gasteiger partial charge in [0.15, 0.2) is 5.82 Å². The Labute approximate surface area is 226 Å². The molecule has 38 heavy (non-hydrogen) atoms. The summed E-state index contributed by atoms with van der Waals surface area (Å²) in [5, 5.41) is 16.3. The van der Waals surface area contributed by atoms with Crippen molar-refractivity contribution in [2.24, 2.45) is 0 Å². The fourth-order valence-electron chi connectivity index (χ4n) is 5.65. The number of pyridine rings is 1. The molecule has 0 aliphatic heterocycles. The van der Waals surface area contributed by atoms with Gasteiger partial charge >= 0.3 is 0 Å². The summed E-state index contributed by atoms with van der Waals surface area (Å²) in [6.45, 7) is 3.54. The fraction of sp³-hybridized carbons (Fsp3) is 0.333. The van der Waals surface area contributed by atoms with E-state index in [1.807, 2.05) is 28.9 Å². The zero-order valence-electron chi connectivity index (χ0n) is 21.6. The Morgan fingerprint density at radius 1 is 1.08 bits per heavy atom. The van der Waals surface area contributed by atoms with Crippen molar-refractivity contribution in [3.05, 3.63) is 110 Å². The second-order valence-electron chi connectivity index (χ2n) is 10.3. The molecule has 3 heterocycles. The minimum atomic E-state index is -0.384. The molecule has 1 unspecified atom stereocenters. The van der Waals surface area contributed by atoms with Gasteiger partial charge in [-0.15, -0.1) is 16.4 Å². The quantitative estimate of drug-likeness (QED) is 0.262. The summed E-state index contributed by atoms with van der Waals surface area (Å²) in [4.78, 5) is 20.5. The Kier molecular flexibility index (Phi) is 7.16. The summed E-state index contributed by atoms with van der Waals surface area (Å²) in [5.41, 5.74) is 3.85. The van der Waals surface area contributed by atoms with Crippen LogP contribution in [0.15, 0.2) is 76.9 Å². The maximum absolute atomic E-state index is 13.7. The second-order valence-corrected chi connectivity index (χ2v) is 11.3. The van der Waals surface area contributed by atoms with Gasteiger partial charge < -0.3 is 4.98 Å². The van der Waals surface area contributed by atoms with Crippen LogP contribution in [0.3, 0.4) is 0 Å². The van der Waals surface area contributed by atoms with Crippen LogP contribution in [-0.4, -0.2) is 36.6 Å². The monoisotopic (exact) mass is 524 g/mol. The zero-order valence-corrected chi connectivity index (χ0v) is 22.4. The van der Waals surface area contributed by atoms with Gasteiger partial charge in [0.2, 0.25) is 0 Å². The molecule has 1 atom stereocenters. The molecule has 194 valence electrons. The van der Waals surface area contributed by atoms with Crippen molar-refractivity contribution in [2.45, 2.75) is 57.7 Å². The highest BCUT2D eigenvalue weighted by Gasteiger charge is 2.33. The van der Waals surface area contributed by atoms with Crippen LogP contribution in [0, 0.1) is 6.92 Å². The van der Waals surface area contributed by atoms with E-state index >= 15 is 0 Å². The van der Waals surface area contributed by atoms with Crippen molar-refractivity contribution in [1.29, 1.82) is 0 Å². The molecule has 2 aromatic carbocycles. The molecular formula is C30H32N6OS. The van der Waals surface area contributed by atoms with Crippen molar-refractivity contribution in [2.75, 3.05) is 6.54 Å². The zero-order chi connectivity index (χ0) is 25.9. The molecule has 0 radical (unpaired) electrons. The van der Waals surface area contributed by atoms with Crippen LogP contribution in [0.25, 0.3) is 10.9 Å². The smallest absolute Gasteiger partial charge is 0.253 e. The summed E-state index contributed by atoms with van der Waals surface area (Å²) < 4.78 is 2.00. The number of aromatic amines is 1. The van der Waals surface area contributed by atoms with E-state index in [2.05, 4.69) is 80.2 Å². The van der Waals surface area contributed by atoms with Crippen LogP contribution in [0.1, 0.15) is 65.2 Å². The van der Waals surface area contributed by atoms with E-state index in [1.54, 1.807) is 11.3 Å². The van der Waals surface area contributed by atoms with E-state index in [4.69, 9.17) is 0 Å².